The number of carbonyl (C=O) groups excluding carboxylic acids is 1. The molecular weight excluding hydrogens is 230 g/mol. The van der Waals surface area contributed by atoms with Crippen molar-refractivity contribution in [2.24, 2.45) is 0 Å². The second-order valence-corrected chi connectivity index (χ2v) is 4.13. The molecule has 90 valence electrons. The summed E-state index contributed by atoms with van der Waals surface area (Å²) in [5.41, 5.74) is 0. The second-order valence-electron chi connectivity index (χ2n) is 3.51. The first-order chi connectivity index (χ1) is 7.74. The van der Waals surface area contributed by atoms with Gasteiger partial charge in [-0.1, -0.05) is 5.92 Å². The summed E-state index contributed by atoms with van der Waals surface area (Å²) in [6.07, 6.45) is 5.45. The average molecular weight is 246 g/mol. The van der Waals surface area contributed by atoms with Crippen LogP contribution in [0.5, 0.6) is 0 Å². The molecule has 16 heavy (non-hydrogen) atoms. The van der Waals surface area contributed by atoms with Crippen molar-refractivity contribution in [1.29, 1.82) is 0 Å². The Bertz CT molecular complexity index is 264. The number of alkyl halides is 1. The van der Waals surface area contributed by atoms with Gasteiger partial charge in [0.2, 0.25) is 5.91 Å². The van der Waals surface area contributed by atoms with Gasteiger partial charge in [-0.25, -0.2) is 0 Å². The third-order valence-electron chi connectivity index (χ3n) is 2.23. The van der Waals surface area contributed by atoms with Gasteiger partial charge in [-0.2, -0.15) is 0 Å². The monoisotopic (exact) mass is 245 g/mol. The third-order valence-corrected chi connectivity index (χ3v) is 2.52. The Balaban J connectivity index is 1.95. The summed E-state index contributed by atoms with van der Waals surface area (Å²) in [6, 6.07) is 0. The highest BCUT2D eigenvalue weighted by molar-refractivity contribution is 6.22. The molecule has 0 aromatic carbocycles. The SMILES string of the molecule is C#CCOCCOCCN1CC(Cl)CC1=O. The number of likely N-dealkylation sites (tertiary alicyclic amines) is 1. The number of terminal acetylenes is 1. The zero-order valence-electron chi connectivity index (χ0n) is 9.15. The predicted molar refractivity (Wildman–Crippen MR) is 61.3 cm³/mol. The van der Waals surface area contributed by atoms with E-state index in [0.29, 0.717) is 45.9 Å². The molecule has 0 aromatic rings. The van der Waals surface area contributed by atoms with Crippen LogP contribution in [0.4, 0.5) is 0 Å². The van der Waals surface area contributed by atoms with Gasteiger partial charge in [-0.15, -0.1) is 18.0 Å². The second kappa shape index (κ2) is 7.50. The highest BCUT2D eigenvalue weighted by Crippen LogP contribution is 2.15. The quantitative estimate of drug-likeness (QED) is 0.372. The van der Waals surface area contributed by atoms with Crippen molar-refractivity contribution >= 4 is 17.5 Å². The molecule has 1 saturated heterocycles. The van der Waals surface area contributed by atoms with Crippen LogP contribution in [-0.2, 0) is 14.3 Å². The molecule has 0 saturated carbocycles. The van der Waals surface area contributed by atoms with Crippen molar-refractivity contribution in [2.75, 3.05) is 39.5 Å². The Hall–Kier alpha value is -0.760. The largest absolute Gasteiger partial charge is 0.377 e. The smallest absolute Gasteiger partial charge is 0.224 e. The first kappa shape index (κ1) is 13.3. The minimum Gasteiger partial charge on any atom is -0.377 e. The van der Waals surface area contributed by atoms with Crippen LogP contribution in [0.25, 0.3) is 0 Å². The molecule has 0 aliphatic carbocycles. The Morgan fingerprint density at radius 2 is 2.19 bits per heavy atom. The van der Waals surface area contributed by atoms with E-state index in [4.69, 9.17) is 27.5 Å². The molecule has 0 aromatic heterocycles. The van der Waals surface area contributed by atoms with Crippen molar-refractivity contribution < 1.29 is 14.3 Å². The molecule has 0 radical (unpaired) electrons. The van der Waals surface area contributed by atoms with Crippen molar-refractivity contribution in [3.63, 3.8) is 0 Å². The van der Waals surface area contributed by atoms with Gasteiger partial charge in [0.05, 0.1) is 25.2 Å². The van der Waals surface area contributed by atoms with Gasteiger partial charge >= 0.3 is 0 Å². The molecule has 1 rings (SSSR count). The van der Waals surface area contributed by atoms with Gasteiger partial charge in [0.1, 0.15) is 6.61 Å². The molecule has 1 fully saturated rings. The van der Waals surface area contributed by atoms with E-state index in [1.165, 1.54) is 0 Å². The van der Waals surface area contributed by atoms with Crippen molar-refractivity contribution in [2.45, 2.75) is 11.8 Å². The summed E-state index contributed by atoms with van der Waals surface area (Å²) in [5.74, 6) is 2.47. The maximum atomic E-state index is 11.3. The molecule has 1 aliphatic heterocycles. The van der Waals surface area contributed by atoms with E-state index < -0.39 is 0 Å². The molecule has 1 amide bonds. The number of amides is 1. The van der Waals surface area contributed by atoms with E-state index in [9.17, 15) is 4.79 Å². The normalized spacial score (nSPS) is 20.1. The van der Waals surface area contributed by atoms with Crippen molar-refractivity contribution in [1.82, 2.24) is 4.90 Å². The molecule has 0 spiro atoms. The van der Waals surface area contributed by atoms with Gasteiger partial charge in [-0.3, -0.25) is 4.79 Å². The first-order valence-electron chi connectivity index (χ1n) is 5.25. The highest BCUT2D eigenvalue weighted by Gasteiger charge is 2.27. The average Bonchev–Trinajstić information content (AvgIpc) is 2.56. The third kappa shape index (κ3) is 4.84. The van der Waals surface area contributed by atoms with Crippen molar-refractivity contribution in [3.05, 3.63) is 0 Å². The lowest BCUT2D eigenvalue weighted by Crippen LogP contribution is -2.29. The highest BCUT2D eigenvalue weighted by atomic mass is 35.5. The van der Waals surface area contributed by atoms with Gasteiger partial charge < -0.3 is 14.4 Å². The standard InChI is InChI=1S/C11H16ClNO3/c1-2-4-15-6-7-16-5-3-13-9-10(12)8-11(13)14/h1,10H,3-9H2. The summed E-state index contributed by atoms with van der Waals surface area (Å²) >= 11 is 5.86. The molecule has 5 heteroatoms. The molecule has 4 nitrogen and oxygen atoms in total. The van der Waals surface area contributed by atoms with E-state index >= 15 is 0 Å². The molecule has 1 unspecified atom stereocenters. The van der Waals surface area contributed by atoms with Gasteiger partial charge in [0.15, 0.2) is 0 Å². The summed E-state index contributed by atoms with van der Waals surface area (Å²) in [7, 11) is 0. The number of nitrogens with zero attached hydrogens (tertiary/aromatic N) is 1. The maximum Gasteiger partial charge on any atom is 0.224 e. The number of hydrogen-bond donors (Lipinski definition) is 0. The summed E-state index contributed by atoms with van der Waals surface area (Å²) in [4.78, 5) is 13.1. The number of halogens is 1. The lowest BCUT2D eigenvalue weighted by atomic mass is 10.4. The fourth-order valence-corrected chi connectivity index (χ4v) is 1.76. The van der Waals surface area contributed by atoms with Gasteiger partial charge in [0.25, 0.3) is 0 Å². The van der Waals surface area contributed by atoms with Crippen LogP contribution in [-0.4, -0.2) is 55.7 Å². The number of carbonyl (C=O) groups is 1. The number of rotatable bonds is 7. The van der Waals surface area contributed by atoms with Crippen LogP contribution in [0.1, 0.15) is 6.42 Å². The molecular formula is C11H16ClNO3. The number of ether oxygens (including phenoxy) is 2. The lowest BCUT2D eigenvalue weighted by molar-refractivity contribution is -0.128. The molecule has 1 aliphatic rings. The predicted octanol–water partition coefficient (Wildman–Crippen LogP) is 0.492. The van der Waals surface area contributed by atoms with Crippen LogP contribution in [0, 0.1) is 12.3 Å². The van der Waals surface area contributed by atoms with E-state index in [-0.39, 0.29) is 11.3 Å². The Morgan fingerprint density at radius 3 is 2.81 bits per heavy atom. The molecule has 1 atom stereocenters. The minimum absolute atomic E-state index is 0.0496. The Kier molecular flexibility index (Phi) is 6.24. The van der Waals surface area contributed by atoms with Crippen molar-refractivity contribution in [3.8, 4) is 12.3 Å². The topological polar surface area (TPSA) is 38.8 Å². The summed E-state index contributed by atoms with van der Waals surface area (Å²) in [6.45, 7) is 3.01. The van der Waals surface area contributed by atoms with Gasteiger partial charge in [0, 0.05) is 19.5 Å². The van der Waals surface area contributed by atoms with Crippen LogP contribution in [0.2, 0.25) is 0 Å². The van der Waals surface area contributed by atoms with E-state index in [2.05, 4.69) is 5.92 Å². The zero-order chi connectivity index (χ0) is 11.8. The lowest BCUT2D eigenvalue weighted by Gasteiger charge is -2.15. The van der Waals surface area contributed by atoms with E-state index in [1.54, 1.807) is 4.90 Å². The molecule has 1 heterocycles. The Morgan fingerprint density at radius 1 is 1.44 bits per heavy atom. The summed E-state index contributed by atoms with van der Waals surface area (Å²) in [5, 5.41) is -0.0496. The van der Waals surface area contributed by atoms with Crippen LogP contribution in [0.15, 0.2) is 0 Å². The first-order valence-corrected chi connectivity index (χ1v) is 5.68. The minimum atomic E-state index is -0.0496. The fourth-order valence-electron chi connectivity index (χ4n) is 1.47. The zero-order valence-corrected chi connectivity index (χ0v) is 9.91. The molecule has 0 N–H and O–H groups in total. The summed E-state index contributed by atoms with van der Waals surface area (Å²) < 4.78 is 10.3. The number of hydrogen-bond acceptors (Lipinski definition) is 3. The van der Waals surface area contributed by atoms with Crippen LogP contribution < -0.4 is 0 Å². The van der Waals surface area contributed by atoms with E-state index in [1.807, 2.05) is 0 Å². The van der Waals surface area contributed by atoms with Gasteiger partial charge in [-0.05, 0) is 0 Å². The van der Waals surface area contributed by atoms with E-state index in [0.717, 1.165) is 0 Å². The van der Waals surface area contributed by atoms with Crippen LogP contribution in [0.3, 0.4) is 0 Å². The molecule has 0 bridgehead atoms. The Labute approximate surface area is 101 Å². The maximum absolute atomic E-state index is 11.3. The fraction of sp³-hybridized carbons (Fsp3) is 0.727. The van der Waals surface area contributed by atoms with Crippen LogP contribution >= 0.6 is 11.6 Å².